The molecule has 0 amide bonds. The Hall–Kier alpha value is -3.28. The third-order valence-electron chi connectivity index (χ3n) is 5.28. The number of carbonyl (C=O) groups is 1. The molecule has 0 unspecified atom stereocenters. The van der Waals surface area contributed by atoms with Gasteiger partial charge in [0.25, 0.3) is 6.26 Å². The highest BCUT2D eigenvalue weighted by molar-refractivity contribution is 5.78. The number of aliphatic hydroxyl groups excluding tert-OH is 1. The fourth-order valence-electron chi connectivity index (χ4n) is 3.33. The SMILES string of the molecule is CC[C@@H](CC(=O)CCOc1ccc(OC)cc1)[C@H](O)c1ccc(OCCOCCOC#N)cc1. The third kappa shape index (κ3) is 9.69. The third-order valence-corrected chi connectivity index (χ3v) is 5.28. The molecule has 0 saturated heterocycles. The van der Waals surface area contributed by atoms with E-state index in [0.29, 0.717) is 44.3 Å². The van der Waals surface area contributed by atoms with Crippen LogP contribution in [-0.2, 0) is 14.3 Å². The van der Waals surface area contributed by atoms with Crippen LogP contribution < -0.4 is 14.2 Å². The van der Waals surface area contributed by atoms with Gasteiger partial charge in [-0.15, -0.1) is 0 Å². The Labute approximate surface area is 201 Å². The van der Waals surface area contributed by atoms with Crippen LogP contribution in [0.2, 0.25) is 0 Å². The number of benzene rings is 2. The normalized spacial score (nSPS) is 12.3. The molecule has 0 bridgehead atoms. The smallest absolute Gasteiger partial charge is 0.286 e. The van der Waals surface area contributed by atoms with Crippen molar-refractivity contribution in [3.63, 3.8) is 0 Å². The zero-order chi connectivity index (χ0) is 24.6. The summed E-state index contributed by atoms with van der Waals surface area (Å²) < 4.78 is 26.1. The number of ketones is 1. The Morgan fingerprint density at radius 2 is 1.50 bits per heavy atom. The van der Waals surface area contributed by atoms with Crippen molar-refractivity contribution in [2.45, 2.75) is 32.3 Å². The van der Waals surface area contributed by atoms with Crippen LogP contribution in [0, 0.1) is 17.4 Å². The molecule has 2 aromatic rings. The maximum absolute atomic E-state index is 12.5. The molecule has 184 valence electrons. The van der Waals surface area contributed by atoms with Crippen LogP contribution in [0.5, 0.6) is 17.2 Å². The number of hydrogen-bond donors (Lipinski definition) is 1. The van der Waals surface area contributed by atoms with E-state index in [9.17, 15) is 9.90 Å². The van der Waals surface area contributed by atoms with E-state index in [1.54, 1.807) is 49.8 Å². The molecule has 0 heterocycles. The molecule has 0 aliphatic carbocycles. The standard InChI is InChI=1S/C26H33NO7/c1-3-20(18-22(28)12-13-33-25-10-8-23(30-2)9-11-25)26(29)21-4-6-24(7-5-21)34-17-16-31-14-15-32-19-27/h4-11,20,26,29H,3,12-18H2,1-2H3/t20-,26-/m0/s1. The lowest BCUT2D eigenvalue weighted by Gasteiger charge is -2.21. The lowest BCUT2D eigenvalue weighted by molar-refractivity contribution is -0.121. The Morgan fingerprint density at radius 1 is 0.912 bits per heavy atom. The van der Waals surface area contributed by atoms with E-state index in [4.69, 9.17) is 24.2 Å². The zero-order valence-corrected chi connectivity index (χ0v) is 19.8. The van der Waals surface area contributed by atoms with Crippen molar-refractivity contribution >= 4 is 5.78 Å². The predicted octanol–water partition coefficient (Wildman–Crippen LogP) is 4.08. The van der Waals surface area contributed by atoms with Crippen LogP contribution >= 0.6 is 0 Å². The fraction of sp³-hybridized carbons (Fsp3) is 0.462. The summed E-state index contributed by atoms with van der Waals surface area (Å²) in [7, 11) is 1.60. The first-order chi connectivity index (χ1) is 16.6. The molecule has 0 radical (unpaired) electrons. The maximum atomic E-state index is 12.5. The molecule has 0 aliphatic rings. The Morgan fingerprint density at radius 3 is 2.12 bits per heavy atom. The van der Waals surface area contributed by atoms with Gasteiger partial charge in [-0.05, 0) is 47.9 Å². The van der Waals surface area contributed by atoms with E-state index in [1.807, 2.05) is 19.1 Å². The summed E-state index contributed by atoms with van der Waals surface area (Å²) in [6.45, 7) is 3.54. The van der Waals surface area contributed by atoms with Crippen LogP contribution in [-0.4, -0.2) is 51.0 Å². The van der Waals surface area contributed by atoms with Gasteiger partial charge < -0.3 is 28.8 Å². The minimum Gasteiger partial charge on any atom is -0.497 e. The minimum absolute atomic E-state index is 0.0551. The number of nitriles is 1. The van der Waals surface area contributed by atoms with Gasteiger partial charge in [0.15, 0.2) is 0 Å². The van der Waals surface area contributed by atoms with Crippen molar-refractivity contribution < 1.29 is 33.6 Å². The average molecular weight is 472 g/mol. The van der Waals surface area contributed by atoms with E-state index in [2.05, 4.69) is 4.74 Å². The van der Waals surface area contributed by atoms with Crippen molar-refractivity contribution in [3.05, 3.63) is 54.1 Å². The number of Topliss-reactive ketones (excluding diaryl/α,β-unsaturated/α-hetero) is 1. The highest BCUT2D eigenvalue weighted by atomic mass is 16.5. The molecule has 0 saturated carbocycles. The fourth-order valence-corrected chi connectivity index (χ4v) is 3.33. The maximum Gasteiger partial charge on any atom is 0.286 e. The largest absolute Gasteiger partial charge is 0.497 e. The van der Waals surface area contributed by atoms with E-state index in [0.717, 1.165) is 11.3 Å². The second-order valence-corrected chi connectivity index (χ2v) is 7.60. The zero-order valence-electron chi connectivity index (χ0n) is 19.8. The highest BCUT2D eigenvalue weighted by Gasteiger charge is 2.22. The molecule has 8 heteroatoms. The average Bonchev–Trinajstić information content (AvgIpc) is 2.87. The summed E-state index contributed by atoms with van der Waals surface area (Å²) in [6, 6.07) is 14.4. The topological polar surface area (TPSA) is 107 Å². The summed E-state index contributed by atoms with van der Waals surface area (Å²) in [5.74, 6) is 1.97. The minimum atomic E-state index is -0.742. The summed E-state index contributed by atoms with van der Waals surface area (Å²) in [5, 5.41) is 19.1. The molecule has 0 fully saturated rings. The van der Waals surface area contributed by atoms with Crippen LogP contribution in [0.3, 0.4) is 0 Å². The van der Waals surface area contributed by atoms with Crippen LogP contribution in [0.15, 0.2) is 48.5 Å². The van der Waals surface area contributed by atoms with Crippen molar-refractivity contribution in [2.75, 3.05) is 40.1 Å². The first kappa shape index (κ1) is 27.0. The molecule has 8 nitrogen and oxygen atoms in total. The van der Waals surface area contributed by atoms with Crippen LogP contribution in [0.25, 0.3) is 0 Å². The van der Waals surface area contributed by atoms with Gasteiger partial charge in [0, 0.05) is 12.8 Å². The van der Waals surface area contributed by atoms with E-state index in [1.165, 1.54) is 0 Å². The Kier molecular flexibility index (Phi) is 12.3. The molecule has 0 aliphatic heterocycles. The van der Waals surface area contributed by atoms with Gasteiger partial charge in [0.2, 0.25) is 0 Å². The second-order valence-electron chi connectivity index (χ2n) is 7.60. The molecular weight excluding hydrogens is 438 g/mol. The van der Waals surface area contributed by atoms with E-state index >= 15 is 0 Å². The molecular formula is C26H33NO7. The van der Waals surface area contributed by atoms with Gasteiger partial charge in [0.1, 0.15) is 36.2 Å². The van der Waals surface area contributed by atoms with Crippen LogP contribution in [0.1, 0.15) is 37.9 Å². The summed E-state index contributed by atoms with van der Waals surface area (Å²) in [5.41, 5.74) is 0.742. The molecule has 2 rings (SSSR count). The summed E-state index contributed by atoms with van der Waals surface area (Å²) >= 11 is 0. The molecule has 0 aromatic heterocycles. The highest BCUT2D eigenvalue weighted by Crippen LogP contribution is 2.29. The number of carbonyl (C=O) groups excluding carboxylic acids is 1. The quantitative estimate of drug-likeness (QED) is 0.272. The monoisotopic (exact) mass is 471 g/mol. The number of nitrogens with zero attached hydrogens (tertiary/aromatic N) is 1. The number of aliphatic hydroxyl groups is 1. The first-order valence-electron chi connectivity index (χ1n) is 11.3. The van der Waals surface area contributed by atoms with Crippen molar-refractivity contribution in [2.24, 2.45) is 5.92 Å². The number of rotatable bonds is 17. The van der Waals surface area contributed by atoms with Crippen molar-refractivity contribution in [3.8, 4) is 23.5 Å². The molecule has 34 heavy (non-hydrogen) atoms. The lowest BCUT2D eigenvalue weighted by Crippen LogP contribution is -2.18. The van der Waals surface area contributed by atoms with Crippen LogP contribution in [0.4, 0.5) is 0 Å². The Bertz CT molecular complexity index is 878. The van der Waals surface area contributed by atoms with Gasteiger partial charge in [-0.2, -0.15) is 5.26 Å². The van der Waals surface area contributed by atoms with E-state index in [-0.39, 0.29) is 31.1 Å². The van der Waals surface area contributed by atoms with E-state index < -0.39 is 6.10 Å². The van der Waals surface area contributed by atoms with Gasteiger partial charge in [-0.1, -0.05) is 25.5 Å². The number of ether oxygens (including phenoxy) is 5. The summed E-state index contributed by atoms with van der Waals surface area (Å²) in [6.07, 6.45) is 2.09. The molecule has 2 atom stereocenters. The molecule has 1 N–H and O–H groups in total. The second kappa shape index (κ2) is 15.5. The molecule has 0 spiro atoms. The summed E-state index contributed by atoms with van der Waals surface area (Å²) in [4.78, 5) is 12.5. The van der Waals surface area contributed by atoms with Gasteiger partial charge >= 0.3 is 0 Å². The van der Waals surface area contributed by atoms with Gasteiger partial charge in [0.05, 0.1) is 33.0 Å². The van der Waals surface area contributed by atoms with Crippen molar-refractivity contribution in [1.82, 2.24) is 0 Å². The van der Waals surface area contributed by atoms with Gasteiger partial charge in [-0.3, -0.25) is 4.79 Å². The lowest BCUT2D eigenvalue weighted by atomic mass is 9.88. The number of hydrogen-bond acceptors (Lipinski definition) is 8. The number of methoxy groups -OCH3 is 1. The van der Waals surface area contributed by atoms with Gasteiger partial charge in [-0.25, -0.2) is 0 Å². The first-order valence-corrected chi connectivity index (χ1v) is 11.3. The van der Waals surface area contributed by atoms with Crippen molar-refractivity contribution in [1.29, 1.82) is 5.26 Å². The predicted molar refractivity (Wildman–Crippen MR) is 126 cm³/mol. The Balaban J connectivity index is 1.73. The molecule has 2 aromatic carbocycles.